The molecule has 0 fully saturated rings. The molecule has 1 aliphatic rings. The van der Waals surface area contributed by atoms with Crippen molar-refractivity contribution in [3.05, 3.63) is 46.6 Å². The van der Waals surface area contributed by atoms with E-state index < -0.39 is 17.8 Å². The highest BCUT2D eigenvalue weighted by molar-refractivity contribution is 6.25. The topological polar surface area (TPSA) is 91.9 Å². The van der Waals surface area contributed by atoms with Gasteiger partial charge < -0.3 is 9.14 Å². The lowest BCUT2D eigenvalue weighted by molar-refractivity contribution is 0.0521. The Labute approximate surface area is 125 Å². The number of ether oxygens (including phenoxy) is 1. The van der Waals surface area contributed by atoms with Crippen LogP contribution in [0.5, 0.6) is 0 Å². The minimum Gasteiger partial charge on any atom is -0.462 e. The van der Waals surface area contributed by atoms with Gasteiger partial charge in [0.1, 0.15) is 5.49 Å². The fraction of sp³-hybridized carbons (Fsp3) is 0.200. The van der Waals surface area contributed by atoms with E-state index in [1.807, 2.05) is 0 Å². The molecule has 1 N–H and O–H groups in total. The Hall–Kier alpha value is -2.96. The smallest absolute Gasteiger partial charge is 0.341 e. The van der Waals surface area contributed by atoms with Crippen LogP contribution in [0.4, 0.5) is 0 Å². The molecule has 0 saturated carbocycles. The van der Waals surface area contributed by atoms with Crippen molar-refractivity contribution in [2.24, 2.45) is 0 Å². The number of aromatic nitrogens is 1. The largest absolute Gasteiger partial charge is 0.462 e. The molecule has 7 heteroatoms. The molecule has 0 unspecified atom stereocenters. The van der Waals surface area contributed by atoms with E-state index in [0.717, 1.165) is 4.90 Å². The summed E-state index contributed by atoms with van der Waals surface area (Å²) in [5.41, 5.74) is 0.139. The Balaban J connectivity index is 2.51. The number of imide groups is 1. The van der Waals surface area contributed by atoms with E-state index in [1.54, 1.807) is 31.3 Å². The minimum absolute atomic E-state index is 0.0242. The van der Waals surface area contributed by atoms with E-state index in [-0.39, 0.29) is 28.8 Å². The molecule has 7 nitrogen and oxygen atoms in total. The maximum atomic E-state index is 12.3. The van der Waals surface area contributed by atoms with E-state index in [2.05, 4.69) is 0 Å². The van der Waals surface area contributed by atoms with E-state index in [1.165, 1.54) is 11.4 Å². The number of fused-ring (bicyclic) bond motifs is 2. The van der Waals surface area contributed by atoms with Crippen LogP contribution < -0.4 is 5.49 Å². The number of hydrogen-bond donors (Lipinski definition) is 1. The van der Waals surface area contributed by atoms with Crippen molar-refractivity contribution in [1.29, 1.82) is 5.41 Å². The molecule has 22 heavy (non-hydrogen) atoms. The van der Waals surface area contributed by atoms with Crippen LogP contribution in [0.15, 0.2) is 24.4 Å². The normalized spacial score (nSPS) is 13.6. The zero-order valence-electron chi connectivity index (χ0n) is 12.0. The lowest BCUT2D eigenvalue weighted by Gasteiger charge is -2.11. The van der Waals surface area contributed by atoms with Crippen molar-refractivity contribution in [2.45, 2.75) is 6.92 Å². The van der Waals surface area contributed by atoms with Gasteiger partial charge in [-0.25, -0.2) is 4.79 Å². The van der Waals surface area contributed by atoms with Crippen LogP contribution in [0.2, 0.25) is 0 Å². The van der Waals surface area contributed by atoms with E-state index in [9.17, 15) is 14.4 Å². The maximum absolute atomic E-state index is 12.3. The van der Waals surface area contributed by atoms with Crippen molar-refractivity contribution in [2.75, 3.05) is 13.7 Å². The Morgan fingerprint density at radius 2 is 1.91 bits per heavy atom. The predicted molar refractivity (Wildman–Crippen MR) is 75.6 cm³/mol. The highest BCUT2D eigenvalue weighted by atomic mass is 16.5. The summed E-state index contributed by atoms with van der Waals surface area (Å²) in [6.45, 7) is 1.80. The van der Waals surface area contributed by atoms with E-state index >= 15 is 0 Å². The third kappa shape index (κ3) is 1.68. The molecule has 0 saturated heterocycles. The number of carbonyl (C=O) groups is 3. The van der Waals surface area contributed by atoms with Crippen LogP contribution in [0.1, 0.15) is 38.0 Å². The first-order chi connectivity index (χ1) is 10.5. The number of carbonyl (C=O) groups excluding carboxylic acids is 3. The molecular weight excluding hydrogens is 286 g/mol. The number of esters is 1. The van der Waals surface area contributed by atoms with Gasteiger partial charge in [0.25, 0.3) is 11.8 Å². The minimum atomic E-state index is -0.682. The first-order valence-corrected chi connectivity index (χ1v) is 6.70. The molecule has 0 radical (unpaired) electrons. The van der Waals surface area contributed by atoms with Gasteiger partial charge in [-0.05, 0) is 19.1 Å². The van der Waals surface area contributed by atoms with Gasteiger partial charge >= 0.3 is 5.97 Å². The third-order valence-electron chi connectivity index (χ3n) is 3.61. The molecule has 3 heterocycles. The quantitative estimate of drug-likeness (QED) is 0.656. The highest BCUT2D eigenvalue weighted by Gasteiger charge is 2.40. The second kappa shape index (κ2) is 4.80. The predicted octanol–water partition coefficient (Wildman–Crippen LogP) is 0.821. The van der Waals surface area contributed by atoms with Crippen LogP contribution in [0, 0.1) is 5.41 Å². The molecule has 0 aliphatic carbocycles. The van der Waals surface area contributed by atoms with Gasteiger partial charge in [-0.1, -0.05) is 6.07 Å². The lowest BCUT2D eigenvalue weighted by Crippen LogP contribution is -2.27. The molecule has 112 valence electrons. The second-order valence-electron chi connectivity index (χ2n) is 4.82. The lowest BCUT2D eigenvalue weighted by atomic mass is 10.0. The number of pyridine rings is 2. The molecule has 2 amide bonds. The van der Waals surface area contributed by atoms with Crippen LogP contribution in [-0.4, -0.2) is 40.7 Å². The average Bonchev–Trinajstić information content (AvgIpc) is 2.73. The van der Waals surface area contributed by atoms with Crippen LogP contribution in [-0.2, 0) is 4.74 Å². The van der Waals surface area contributed by atoms with E-state index in [4.69, 9.17) is 10.1 Å². The fourth-order valence-electron chi connectivity index (χ4n) is 2.59. The van der Waals surface area contributed by atoms with E-state index in [0.29, 0.717) is 5.52 Å². The SMILES string of the molecule is CCOC(=O)c1c2c(c(=N)n3ccccc13)C(=O)N(C)C2=O. The molecular formula is C15H13N3O4. The molecule has 2 aromatic rings. The number of hydrogen-bond acceptors (Lipinski definition) is 5. The first-order valence-electron chi connectivity index (χ1n) is 6.70. The maximum Gasteiger partial charge on any atom is 0.341 e. The van der Waals surface area contributed by atoms with Crippen LogP contribution >= 0.6 is 0 Å². The van der Waals surface area contributed by atoms with Crippen LogP contribution in [0.3, 0.4) is 0 Å². The molecule has 2 aromatic heterocycles. The van der Waals surface area contributed by atoms with Crippen molar-refractivity contribution in [1.82, 2.24) is 9.30 Å². The van der Waals surface area contributed by atoms with Crippen molar-refractivity contribution >= 4 is 23.3 Å². The Bertz CT molecular complexity index is 898. The molecule has 1 aliphatic heterocycles. The molecule has 0 spiro atoms. The van der Waals surface area contributed by atoms with Gasteiger partial charge in [0.2, 0.25) is 0 Å². The van der Waals surface area contributed by atoms with Gasteiger partial charge in [-0.15, -0.1) is 0 Å². The summed E-state index contributed by atoms with van der Waals surface area (Å²) >= 11 is 0. The van der Waals surface area contributed by atoms with Gasteiger partial charge in [0, 0.05) is 13.2 Å². The second-order valence-corrected chi connectivity index (χ2v) is 4.82. The molecule has 3 rings (SSSR count). The Morgan fingerprint density at radius 3 is 2.59 bits per heavy atom. The summed E-state index contributed by atoms with van der Waals surface area (Å²) in [5, 5.41) is 8.18. The van der Waals surface area contributed by atoms with Gasteiger partial charge in [-0.3, -0.25) is 19.9 Å². The Kier molecular flexibility index (Phi) is 3.05. The summed E-state index contributed by atoms with van der Waals surface area (Å²) in [6.07, 6.45) is 1.57. The van der Waals surface area contributed by atoms with Crippen molar-refractivity contribution in [3.8, 4) is 0 Å². The summed E-state index contributed by atoms with van der Waals surface area (Å²) in [7, 11) is 1.33. The van der Waals surface area contributed by atoms with Gasteiger partial charge in [0.15, 0.2) is 0 Å². The zero-order chi connectivity index (χ0) is 16.0. The number of amides is 2. The van der Waals surface area contributed by atoms with Crippen molar-refractivity contribution in [3.63, 3.8) is 0 Å². The third-order valence-corrected chi connectivity index (χ3v) is 3.61. The Morgan fingerprint density at radius 1 is 1.23 bits per heavy atom. The number of nitrogens with zero attached hydrogens (tertiary/aromatic N) is 2. The fourth-order valence-corrected chi connectivity index (χ4v) is 2.59. The summed E-state index contributed by atoms with van der Waals surface area (Å²) in [6, 6.07) is 4.98. The molecule has 0 aromatic carbocycles. The molecule has 0 atom stereocenters. The number of rotatable bonds is 2. The number of nitrogens with one attached hydrogen (secondary N) is 1. The zero-order valence-corrected chi connectivity index (χ0v) is 12.0. The van der Waals surface area contributed by atoms with Crippen molar-refractivity contribution < 1.29 is 19.1 Å². The summed E-state index contributed by atoms with van der Waals surface area (Å²) in [5.74, 6) is -1.87. The average molecular weight is 299 g/mol. The first kappa shape index (κ1) is 14.0. The monoisotopic (exact) mass is 299 g/mol. The summed E-state index contributed by atoms with van der Waals surface area (Å²) in [4.78, 5) is 37.8. The van der Waals surface area contributed by atoms with Gasteiger partial charge in [0.05, 0.1) is 28.8 Å². The summed E-state index contributed by atoms with van der Waals surface area (Å²) < 4.78 is 6.42. The van der Waals surface area contributed by atoms with Crippen LogP contribution in [0.25, 0.3) is 5.52 Å². The molecule has 0 bridgehead atoms. The standard InChI is InChI=1S/C15H13N3O4/c1-3-22-15(21)9-8-6-4-5-7-18(8)12(16)11-10(9)13(19)17(2)14(11)20/h4-7,16H,3H2,1-2H3. The highest BCUT2D eigenvalue weighted by Crippen LogP contribution is 2.26. The van der Waals surface area contributed by atoms with Gasteiger partial charge in [-0.2, -0.15) is 0 Å².